The Morgan fingerprint density at radius 3 is 2.29 bits per heavy atom. The molecule has 0 radical (unpaired) electrons. The van der Waals surface area contributed by atoms with Gasteiger partial charge in [0.1, 0.15) is 5.84 Å². The maximum atomic E-state index is 5.83. The molecule has 0 bridgehead atoms. The first-order valence-electron chi connectivity index (χ1n) is 15.6. The van der Waals surface area contributed by atoms with Crippen LogP contribution in [0.5, 0.6) is 0 Å². The molecule has 4 aliphatic rings. The second kappa shape index (κ2) is 12.2. The molecule has 4 heteroatoms. The number of hydrazine groups is 1. The second-order valence-corrected chi connectivity index (χ2v) is 13.3. The quantitative estimate of drug-likeness (QED) is 0.101. The first-order chi connectivity index (χ1) is 16.8. The molecule has 4 saturated carbocycles. The number of nitrogens with two attached hydrogens (primary N) is 2. The molecule has 0 aliphatic heterocycles. The van der Waals surface area contributed by atoms with E-state index in [0.29, 0.717) is 22.1 Å². The third kappa shape index (κ3) is 5.30. The fourth-order valence-corrected chi connectivity index (χ4v) is 10.2. The predicted octanol–water partition coefficient (Wildman–Crippen LogP) is 8.16. The molecule has 0 amide bonds. The zero-order valence-electron chi connectivity index (χ0n) is 24.3. The van der Waals surface area contributed by atoms with E-state index in [0.717, 1.165) is 42.4 Å². The van der Waals surface area contributed by atoms with Crippen molar-refractivity contribution in [3.63, 3.8) is 0 Å². The highest BCUT2D eigenvalue weighted by Crippen LogP contribution is 2.73. The van der Waals surface area contributed by atoms with E-state index in [1.807, 2.05) is 13.8 Å². The van der Waals surface area contributed by atoms with Crippen molar-refractivity contribution in [1.29, 1.82) is 0 Å². The molecule has 7 unspecified atom stereocenters. The Labute approximate surface area is 218 Å². The molecule has 4 fully saturated rings. The van der Waals surface area contributed by atoms with Gasteiger partial charge in [0.25, 0.3) is 0 Å². The lowest BCUT2D eigenvalue weighted by Gasteiger charge is -2.66. The summed E-state index contributed by atoms with van der Waals surface area (Å²) in [4.78, 5) is 0. The maximum absolute atomic E-state index is 5.83. The van der Waals surface area contributed by atoms with E-state index in [-0.39, 0.29) is 0 Å². The van der Waals surface area contributed by atoms with Crippen molar-refractivity contribution in [3.05, 3.63) is 0 Å². The molecule has 4 aliphatic carbocycles. The third-order valence-corrected chi connectivity index (χ3v) is 12.3. The summed E-state index contributed by atoms with van der Waals surface area (Å²) in [6.45, 7) is 14.7. The zero-order chi connectivity index (χ0) is 25.7. The summed E-state index contributed by atoms with van der Waals surface area (Å²) in [6, 6.07) is 0. The minimum atomic E-state index is 0.564. The van der Waals surface area contributed by atoms with Gasteiger partial charge in [0.2, 0.25) is 0 Å². The van der Waals surface area contributed by atoms with Gasteiger partial charge < -0.3 is 5.73 Å². The number of hydrazone groups is 1. The molecular formula is C31H60N4. The van der Waals surface area contributed by atoms with Crippen LogP contribution in [0.15, 0.2) is 5.10 Å². The Kier molecular flexibility index (Phi) is 10.0. The van der Waals surface area contributed by atoms with Gasteiger partial charge in [-0.15, -0.1) is 0 Å². The zero-order valence-corrected chi connectivity index (χ0v) is 24.3. The molecule has 35 heavy (non-hydrogen) atoms. The van der Waals surface area contributed by atoms with Gasteiger partial charge in [0, 0.05) is 6.42 Å². The van der Waals surface area contributed by atoms with Crippen LogP contribution in [-0.2, 0) is 0 Å². The smallest absolute Gasteiger partial charge is 0.121 e. The highest BCUT2D eigenvalue weighted by molar-refractivity contribution is 5.79. The number of nitrogens with zero attached hydrogens (tertiary/aromatic N) is 1. The summed E-state index contributed by atoms with van der Waals surface area (Å²) in [5.41, 5.74) is 9.90. The van der Waals surface area contributed by atoms with Crippen molar-refractivity contribution in [2.45, 2.75) is 144 Å². The number of rotatable bonds is 9. The standard InChI is InChI=1S/C29H54N4.C2H6/c1-5-21-20-25-24(27(2)17-11-10-13-23(21)27)16-19-28(3)22(15-18-29(25,28)4)12-8-6-7-9-14-26(30)32-33-31;1-2/h21-25,33H,5-20,31H2,1-4H3,(H2,30,32);1-2H3/t21-,22?,23?,24?,25?,27?,28?,29?;/m0./s1. The van der Waals surface area contributed by atoms with Crippen LogP contribution in [0.2, 0.25) is 0 Å². The van der Waals surface area contributed by atoms with Crippen LogP contribution in [0.3, 0.4) is 0 Å². The molecule has 4 rings (SSSR count). The van der Waals surface area contributed by atoms with Gasteiger partial charge in [-0.05, 0) is 104 Å². The van der Waals surface area contributed by atoms with Crippen molar-refractivity contribution < 1.29 is 0 Å². The molecule has 0 aromatic heterocycles. The van der Waals surface area contributed by atoms with Crippen LogP contribution >= 0.6 is 0 Å². The van der Waals surface area contributed by atoms with Crippen molar-refractivity contribution in [3.8, 4) is 0 Å². The first-order valence-corrected chi connectivity index (χ1v) is 15.6. The fourth-order valence-electron chi connectivity index (χ4n) is 10.2. The van der Waals surface area contributed by atoms with Crippen LogP contribution < -0.4 is 17.1 Å². The van der Waals surface area contributed by atoms with Crippen LogP contribution in [-0.4, -0.2) is 5.84 Å². The monoisotopic (exact) mass is 488 g/mol. The molecule has 0 aromatic rings. The van der Waals surface area contributed by atoms with E-state index >= 15 is 0 Å². The van der Waals surface area contributed by atoms with Crippen molar-refractivity contribution in [2.75, 3.05) is 0 Å². The Morgan fingerprint density at radius 2 is 1.57 bits per heavy atom. The van der Waals surface area contributed by atoms with E-state index in [1.165, 1.54) is 83.5 Å². The average molecular weight is 489 g/mol. The Hall–Kier alpha value is -0.770. The molecule has 4 nitrogen and oxygen atoms in total. The molecule has 0 aromatic carbocycles. The van der Waals surface area contributed by atoms with E-state index in [9.17, 15) is 0 Å². The minimum absolute atomic E-state index is 0.564. The lowest BCUT2D eigenvalue weighted by atomic mass is 9.39. The first kappa shape index (κ1) is 28.8. The van der Waals surface area contributed by atoms with Gasteiger partial charge >= 0.3 is 0 Å². The van der Waals surface area contributed by atoms with Gasteiger partial charge in [0.15, 0.2) is 0 Å². The summed E-state index contributed by atoms with van der Waals surface area (Å²) in [5.74, 6) is 10.7. The van der Waals surface area contributed by atoms with Crippen molar-refractivity contribution in [1.82, 2.24) is 5.53 Å². The third-order valence-electron chi connectivity index (χ3n) is 12.3. The molecule has 5 N–H and O–H groups in total. The Morgan fingerprint density at radius 1 is 0.857 bits per heavy atom. The maximum Gasteiger partial charge on any atom is 0.121 e. The van der Waals surface area contributed by atoms with Crippen LogP contribution in [0.4, 0.5) is 0 Å². The van der Waals surface area contributed by atoms with Crippen LogP contribution in [0, 0.1) is 45.8 Å². The minimum Gasteiger partial charge on any atom is -0.386 e. The summed E-state index contributed by atoms with van der Waals surface area (Å²) in [6.07, 6.45) is 22.3. The number of hydrogen-bond acceptors (Lipinski definition) is 3. The topological polar surface area (TPSA) is 76.4 Å². The van der Waals surface area contributed by atoms with E-state index in [2.05, 4.69) is 38.3 Å². The molecule has 204 valence electrons. The number of nitrogens with one attached hydrogen (secondary N) is 1. The second-order valence-electron chi connectivity index (χ2n) is 13.3. The molecule has 0 saturated heterocycles. The largest absolute Gasteiger partial charge is 0.386 e. The van der Waals surface area contributed by atoms with Gasteiger partial charge in [-0.1, -0.05) is 80.1 Å². The number of unbranched alkanes of at least 4 members (excludes halogenated alkanes) is 3. The number of amidine groups is 1. The lowest BCUT2D eigenvalue weighted by Crippen LogP contribution is -2.59. The molecular weight excluding hydrogens is 428 g/mol. The van der Waals surface area contributed by atoms with Crippen LogP contribution in [0.25, 0.3) is 0 Å². The van der Waals surface area contributed by atoms with Gasteiger partial charge in [-0.2, -0.15) is 5.10 Å². The number of hydrogen-bond donors (Lipinski definition) is 3. The fraction of sp³-hybridized carbons (Fsp3) is 0.968. The van der Waals surface area contributed by atoms with Crippen molar-refractivity contribution >= 4 is 5.84 Å². The van der Waals surface area contributed by atoms with Gasteiger partial charge in [-0.25, -0.2) is 11.4 Å². The lowest BCUT2D eigenvalue weighted by molar-refractivity contribution is -0.172. The number of fused-ring (bicyclic) bond motifs is 5. The summed E-state index contributed by atoms with van der Waals surface area (Å²) in [5, 5.41) is 3.86. The molecule has 0 spiro atoms. The van der Waals surface area contributed by atoms with Gasteiger partial charge in [0.05, 0.1) is 0 Å². The van der Waals surface area contributed by atoms with Crippen LogP contribution in [0.1, 0.15) is 144 Å². The summed E-state index contributed by atoms with van der Waals surface area (Å²) < 4.78 is 0. The van der Waals surface area contributed by atoms with E-state index in [4.69, 9.17) is 11.6 Å². The average Bonchev–Trinajstić information content (AvgIpc) is 3.12. The molecule has 0 heterocycles. The predicted molar refractivity (Wildman–Crippen MR) is 152 cm³/mol. The Bertz CT molecular complexity index is 691. The highest BCUT2D eigenvalue weighted by Gasteiger charge is 2.65. The highest BCUT2D eigenvalue weighted by atomic mass is 15.5. The van der Waals surface area contributed by atoms with E-state index in [1.54, 1.807) is 6.42 Å². The summed E-state index contributed by atoms with van der Waals surface area (Å²) in [7, 11) is 0. The van der Waals surface area contributed by atoms with E-state index < -0.39 is 0 Å². The van der Waals surface area contributed by atoms with Crippen molar-refractivity contribution in [2.24, 2.45) is 62.5 Å². The Balaban J connectivity index is 0.00000167. The normalized spacial score (nSPS) is 42.8. The SMILES string of the molecule is CC.CC[C@H]1CC2C(CCC3(C)C(CCCCCC/C(N)=N/NN)CCC23C)C2(C)CCCCC12. The summed E-state index contributed by atoms with van der Waals surface area (Å²) >= 11 is 0. The van der Waals surface area contributed by atoms with Gasteiger partial charge in [-0.3, -0.25) is 0 Å². The molecule has 8 atom stereocenters.